The fourth-order valence-corrected chi connectivity index (χ4v) is 2.46. The molecule has 20 heavy (non-hydrogen) atoms. The van der Waals surface area contributed by atoms with E-state index in [4.69, 9.17) is 15.2 Å². The Balaban J connectivity index is 2.14. The molecule has 1 aromatic heterocycles. The highest BCUT2D eigenvalue weighted by molar-refractivity contribution is 5.77. The summed E-state index contributed by atoms with van der Waals surface area (Å²) in [4.78, 5) is 8.40. The zero-order chi connectivity index (χ0) is 14.1. The van der Waals surface area contributed by atoms with Crippen molar-refractivity contribution in [3.8, 4) is 22.8 Å². The van der Waals surface area contributed by atoms with Crippen molar-refractivity contribution in [2.45, 2.75) is 26.4 Å². The van der Waals surface area contributed by atoms with Crippen LogP contribution < -0.4 is 15.2 Å². The Hall–Kier alpha value is -2.30. The third kappa shape index (κ3) is 2.15. The molecule has 0 amide bonds. The molecular weight excluding hydrogens is 254 g/mol. The van der Waals surface area contributed by atoms with E-state index in [1.165, 1.54) is 0 Å². The largest absolute Gasteiger partial charge is 0.493 e. The average Bonchev–Trinajstić information content (AvgIpc) is 2.78. The molecule has 3 rings (SSSR count). The van der Waals surface area contributed by atoms with Crippen molar-refractivity contribution in [1.29, 1.82) is 0 Å². The Bertz CT molecular complexity index is 643. The van der Waals surface area contributed by atoms with Crippen LogP contribution in [0.25, 0.3) is 11.3 Å². The maximum atomic E-state index is 5.92. The monoisotopic (exact) mass is 271 g/mol. The number of rotatable bonds is 3. The average molecular weight is 271 g/mol. The van der Waals surface area contributed by atoms with Crippen LogP contribution in [0.1, 0.15) is 19.4 Å². The summed E-state index contributed by atoms with van der Waals surface area (Å²) in [5.74, 6) is 2.04. The molecule has 0 spiro atoms. The van der Waals surface area contributed by atoms with Gasteiger partial charge in [0.25, 0.3) is 0 Å². The third-order valence-electron chi connectivity index (χ3n) is 3.28. The highest BCUT2D eigenvalue weighted by Crippen LogP contribution is 2.40. The first-order valence-corrected chi connectivity index (χ1v) is 6.72. The minimum Gasteiger partial charge on any atom is -0.493 e. The number of ether oxygens (including phenoxy) is 2. The normalized spacial score (nSPS) is 16.6. The van der Waals surface area contributed by atoms with Crippen molar-refractivity contribution < 1.29 is 9.47 Å². The molecule has 0 saturated carbocycles. The van der Waals surface area contributed by atoms with Crippen LogP contribution in [0, 0.1) is 0 Å². The van der Waals surface area contributed by atoms with Gasteiger partial charge in [-0.1, -0.05) is 0 Å². The summed E-state index contributed by atoms with van der Waals surface area (Å²) >= 11 is 0. The molecule has 5 nitrogen and oxygen atoms in total. The molecule has 0 radical (unpaired) electrons. The molecule has 1 aliphatic heterocycles. The summed E-state index contributed by atoms with van der Waals surface area (Å²) < 4.78 is 11.5. The molecule has 0 saturated heterocycles. The number of nitrogens with zero attached hydrogens (tertiary/aromatic N) is 2. The molecule has 2 N–H and O–H groups in total. The summed E-state index contributed by atoms with van der Waals surface area (Å²) in [5.41, 5.74) is 8.53. The maximum absolute atomic E-state index is 5.92. The van der Waals surface area contributed by atoms with Crippen LogP contribution >= 0.6 is 0 Å². The fourth-order valence-electron chi connectivity index (χ4n) is 2.46. The van der Waals surface area contributed by atoms with Crippen molar-refractivity contribution in [2.75, 3.05) is 12.3 Å². The Morgan fingerprint density at radius 3 is 2.90 bits per heavy atom. The van der Waals surface area contributed by atoms with E-state index in [1.54, 1.807) is 12.4 Å². The van der Waals surface area contributed by atoms with Crippen LogP contribution in [0.15, 0.2) is 24.5 Å². The van der Waals surface area contributed by atoms with Gasteiger partial charge in [0.05, 0.1) is 6.61 Å². The van der Waals surface area contributed by atoms with Crippen molar-refractivity contribution in [1.82, 2.24) is 9.97 Å². The smallest absolute Gasteiger partial charge is 0.150 e. The van der Waals surface area contributed by atoms with E-state index < -0.39 is 0 Å². The summed E-state index contributed by atoms with van der Waals surface area (Å²) in [5, 5.41) is 0. The van der Waals surface area contributed by atoms with Crippen LogP contribution in [0.5, 0.6) is 11.5 Å². The van der Waals surface area contributed by atoms with E-state index in [0.29, 0.717) is 18.1 Å². The van der Waals surface area contributed by atoms with Crippen LogP contribution in [0.2, 0.25) is 0 Å². The summed E-state index contributed by atoms with van der Waals surface area (Å²) in [6.45, 7) is 4.59. The third-order valence-corrected chi connectivity index (χ3v) is 3.28. The van der Waals surface area contributed by atoms with Crippen molar-refractivity contribution in [2.24, 2.45) is 0 Å². The van der Waals surface area contributed by atoms with Gasteiger partial charge in [-0.2, -0.15) is 0 Å². The Kier molecular flexibility index (Phi) is 3.18. The number of hydrogen-bond donors (Lipinski definition) is 1. The van der Waals surface area contributed by atoms with E-state index >= 15 is 0 Å². The van der Waals surface area contributed by atoms with Gasteiger partial charge in [0, 0.05) is 29.9 Å². The van der Waals surface area contributed by atoms with Gasteiger partial charge in [-0.05, 0) is 26.0 Å². The van der Waals surface area contributed by atoms with E-state index in [9.17, 15) is 0 Å². The van der Waals surface area contributed by atoms with E-state index in [1.807, 2.05) is 19.1 Å². The predicted octanol–water partition coefficient (Wildman–Crippen LogP) is 2.45. The van der Waals surface area contributed by atoms with Gasteiger partial charge >= 0.3 is 0 Å². The van der Waals surface area contributed by atoms with Gasteiger partial charge in [0.1, 0.15) is 29.1 Å². The standard InChI is InChI=1S/C15H17N3O2/c1-3-19-13-7-10-6-9(2)20-12(10)8-11(13)14-15(16)18-5-4-17-14/h4-5,7-9H,3,6H2,1-2H3,(H2,16,18). The maximum Gasteiger partial charge on any atom is 0.150 e. The molecule has 1 atom stereocenters. The van der Waals surface area contributed by atoms with Crippen LogP contribution in [-0.2, 0) is 6.42 Å². The molecule has 2 aromatic rings. The first-order chi connectivity index (χ1) is 9.69. The molecule has 0 aliphatic carbocycles. The quantitative estimate of drug-likeness (QED) is 0.928. The molecule has 0 fully saturated rings. The molecule has 104 valence electrons. The second-order valence-corrected chi connectivity index (χ2v) is 4.81. The lowest BCUT2D eigenvalue weighted by Gasteiger charge is -2.13. The number of benzene rings is 1. The predicted molar refractivity (Wildman–Crippen MR) is 76.8 cm³/mol. The minimum absolute atomic E-state index is 0.189. The lowest BCUT2D eigenvalue weighted by atomic mass is 10.0. The lowest BCUT2D eigenvalue weighted by Crippen LogP contribution is -2.05. The van der Waals surface area contributed by atoms with Gasteiger partial charge in [-0.15, -0.1) is 0 Å². The number of fused-ring (bicyclic) bond motifs is 1. The van der Waals surface area contributed by atoms with E-state index in [0.717, 1.165) is 29.0 Å². The number of aromatic nitrogens is 2. The van der Waals surface area contributed by atoms with Crippen LogP contribution in [-0.4, -0.2) is 22.7 Å². The molecule has 1 aliphatic rings. The Morgan fingerprint density at radius 2 is 2.15 bits per heavy atom. The first-order valence-electron chi connectivity index (χ1n) is 6.72. The zero-order valence-corrected chi connectivity index (χ0v) is 11.6. The molecular formula is C15H17N3O2. The second kappa shape index (κ2) is 5.00. The molecule has 2 heterocycles. The first kappa shape index (κ1) is 12.7. The van der Waals surface area contributed by atoms with Crippen LogP contribution in [0.4, 0.5) is 5.82 Å². The van der Waals surface area contributed by atoms with Crippen molar-refractivity contribution >= 4 is 5.82 Å². The minimum atomic E-state index is 0.189. The molecule has 5 heteroatoms. The van der Waals surface area contributed by atoms with Crippen molar-refractivity contribution in [3.63, 3.8) is 0 Å². The molecule has 1 aromatic carbocycles. The van der Waals surface area contributed by atoms with Gasteiger partial charge < -0.3 is 15.2 Å². The number of nitrogen functional groups attached to an aromatic ring is 1. The molecule has 1 unspecified atom stereocenters. The van der Waals surface area contributed by atoms with Crippen molar-refractivity contribution in [3.05, 3.63) is 30.1 Å². The highest BCUT2D eigenvalue weighted by Gasteiger charge is 2.23. The van der Waals surface area contributed by atoms with Crippen LogP contribution in [0.3, 0.4) is 0 Å². The summed E-state index contributed by atoms with van der Waals surface area (Å²) in [6.07, 6.45) is 4.28. The van der Waals surface area contributed by atoms with Gasteiger partial charge in [0.2, 0.25) is 0 Å². The SMILES string of the molecule is CCOc1cc2c(cc1-c1nccnc1N)OC(C)C2. The lowest BCUT2D eigenvalue weighted by molar-refractivity contribution is 0.254. The highest BCUT2D eigenvalue weighted by atomic mass is 16.5. The number of hydrogen-bond acceptors (Lipinski definition) is 5. The number of anilines is 1. The van der Waals surface area contributed by atoms with E-state index in [-0.39, 0.29) is 6.10 Å². The van der Waals surface area contributed by atoms with Gasteiger partial charge in [0.15, 0.2) is 0 Å². The Labute approximate surface area is 117 Å². The molecule has 0 bridgehead atoms. The zero-order valence-electron chi connectivity index (χ0n) is 11.6. The second-order valence-electron chi connectivity index (χ2n) is 4.81. The number of nitrogens with two attached hydrogens (primary N) is 1. The summed E-state index contributed by atoms with van der Waals surface area (Å²) in [7, 11) is 0. The fraction of sp³-hybridized carbons (Fsp3) is 0.333. The van der Waals surface area contributed by atoms with Gasteiger partial charge in [-0.3, -0.25) is 4.98 Å². The van der Waals surface area contributed by atoms with Gasteiger partial charge in [-0.25, -0.2) is 4.98 Å². The van der Waals surface area contributed by atoms with E-state index in [2.05, 4.69) is 16.9 Å². The summed E-state index contributed by atoms with van der Waals surface area (Å²) in [6, 6.07) is 3.97. The Morgan fingerprint density at radius 1 is 1.35 bits per heavy atom. The topological polar surface area (TPSA) is 70.3 Å².